The van der Waals surface area contributed by atoms with Crippen LogP contribution in [0.1, 0.15) is 11.5 Å². The third-order valence-electron chi connectivity index (χ3n) is 1.89. The Morgan fingerprint density at radius 1 is 1.36 bits per heavy atom. The maximum absolute atomic E-state index is 8.78. The molecule has 0 radical (unpaired) electrons. The summed E-state index contributed by atoms with van der Waals surface area (Å²) in [5, 5.41) is 21.4. The minimum absolute atomic E-state index is 0.0802. The van der Waals surface area contributed by atoms with Crippen molar-refractivity contribution in [3.8, 4) is 0 Å². The highest BCUT2D eigenvalue weighted by Crippen LogP contribution is 2.04. The minimum atomic E-state index is 0.0802. The summed E-state index contributed by atoms with van der Waals surface area (Å²) in [5.74, 6) is 0.771. The van der Waals surface area contributed by atoms with Gasteiger partial charge in [-0.2, -0.15) is 0 Å². The van der Waals surface area contributed by atoms with Crippen LogP contribution in [0.15, 0.2) is 10.6 Å². The molecule has 0 unspecified atom stereocenters. The van der Waals surface area contributed by atoms with Gasteiger partial charge in [0.1, 0.15) is 5.76 Å². The average Bonchev–Trinajstić information content (AvgIpc) is 2.52. The monoisotopic (exact) mass is 200 g/mol. The van der Waals surface area contributed by atoms with Crippen molar-refractivity contribution in [2.45, 2.75) is 13.5 Å². The largest absolute Gasteiger partial charge is 0.395 e. The maximum Gasteiger partial charge on any atom is 0.133 e. The predicted molar refractivity (Wildman–Crippen MR) is 50.7 cm³/mol. The molecular weight excluding hydrogens is 184 g/mol. The Bertz CT molecular complexity index is 256. The number of hydrogen-bond donors (Lipinski definition) is 2. The van der Waals surface area contributed by atoms with Gasteiger partial charge in [0, 0.05) is 25.7 Å². The summed E-state index contributed by atoms with van der Waals surface area (Å²) in [6.45, 7) is 3.66. The zero-order chi connectivity index (χ0) is 10.4. The molecule has 0 amide bonds. The van der Waals surface area contributed by atoms with E-state index in [-0.39, 0.29) is 13.2 Å². The molecule has 14 heavy (non-hydrogen) atoms. The highest BCUT2D eigenvalue weighted by molar-refractivity contribution is 5.03. The molecule has 0 atom stereocenters. The molecule has 0 saturated carbocycles. The number of aromatic nitrogens is 1. The molecule has 0 aromatic carbocycles. The van der Waals surface area contributed by atoms with Gasteiger partial charge in [0.05, 0.1) is 18.9 Å². The lowest BCUT2D eigenvalue weighted by atomic mass is 10.3. The van der Waals surface area contributed by atoms with E-state index in [1.54, 1.807) is 0 Å². The SMILES string of the molecule is Cc1cc(CN(CCO)CCO)no1. The van der Waals surface area contributed by atoms with Gasteiger partial charge >= 0.3 is 0 Å². The van der Waals surface area contributed by atoms with Crippen molar-refractivity contribution < 1.29 is 14.7 Å². The standard InChI is InChI=1S/C9H16N2O3/c1-8-6-9(10-14-8)7-11(2-4-12)3-5-13/h6,12-13H,2-5,7H2,1H3. The second-order valence-corrected chi connectivity index (χ2v) is 3.15. The Morgan fingerprint density at radius 3 is 2.43 bits per heavy atom. The molecule has 5 nitrogen and oxygen atoms in total. The van der Waals surface area contributed by atoms with E-state index >= 15 is 0 Å². The average molecular weight is 200 g/mol. The van der Waals surface area contributed by atoms with E-state index in [9.17, 15) is 0 Å². The van der Waals surface area contributed by atoms with Gasteiger partial charge in [0.2, 0.25) is 0 Å². The topological polar surface area (TPSA) is 69.7 Å². The first kappa shape index (κ1) is 11.2. The number of aliphatic hydroxyl groups excluding tert-OH is 2. The zero-order valence-electron chi connectivity index (χ0n) is 8.31. The smallest absolute Gasteiger partial charge is 0.133 e. The lowest BCUT2D eigenvalue weighted by Crippen LogP contribution is -2.29. The number of aryl methyl sites for hydroxylation is 1. The Kier molecular flexibility index (Phi) is 4.58. The summed E-state index contributed by atoms with van der Waals surface area (Å²) in [4.78, 5) is 1.91. The van der Waals surface area contributed by atoms with Crippen LogP contribution in [0, 0.1) is 6.92 Å². The number of rotatable bonds is 6. The first-order valence-corrected chi connectivity index (χ1v) is 4.62. The fraction of sp³-hybridized carbons (Fsp3) is 0.667. The fourth-order valence-corrected chi connectivity index (χ4v) is 1.27. The molecule has 2 N–H and O–H groups in total. The Morgan fingerprint density at radius 2 is 2.00 bits per heavy atom. The van der Waals surface area contributed by atoms with Crippen LogP contribution in [-0.2, 0) is 6.54 Å². The van der Waals surface area contributed by atoms with Crippen molar-refractivity contribution in [1.82, 2.24) is 10.1 Å². The summed E-state index contributed by atoms with van der Waals surface area (Å²) < 4.78 is 4.92. The van der Waals surface area contributed by atoms with Gasteiger partial charge in [0.15, 0.2) is 0 Å². The van der Waals surface area contributed by atoms with Crippen molar-refractivity contribution in [3.05, 3.63) is 17.5 Å². The van der Waals surface area contributed by atoms with E-state index in [0.29, 0.717) is 19.6 Å². The van der Waals surface area contributed by atoms with Gasteiger partial charge < -0.3 is 14.7 Å². The second kappa shape index (κ2) is 5.74. The van der Waals surface area contributed by atoms with Crippen molar-refractivity contribution in [1.29, 1.82) is 0 Å². The van der Waals surface area contributed by atoms with E-state index < -0.39 is 0 Å². The van der Waals surface area contributed by atoms with Crippen molar-refractivity contribution in [2.75, 3.05) is 26.3 Å². The van der Waals surface area contributed by atoms with Crippen molar-refractivity contribution in [2.24, 2.45) is 0 Å². The van der Waals surface area contributed by atoms with E-state index in [1.165, 1.54) is 0 Å². The molecule has 0 aliphatic rings. The molecule has 1 aromatic heterocycles. The summed E-state index contributed by atoms with van der Waals surface area (Å²) >= 11 is 0. The van der Waals surface area contributed by atoms with Gasteiger partial charge in [-0.1, -0.05) is 5.16 Å². The van der Waals surface area contributed by atoms with Crippen LogP contribution in [0.3, 0.4) is 0 Å². The van der Waals surface area contributed by atoms with E-state index in [1.807, 2.05) is 17.9 Å². The van der Waals surface area contributed by atoms with Crippen LogP contribution in [-0.4, -0.2) is 46.6 Å². The fourth-order valence-electron chi connectivity index (χ4n) is 1.27. The van der Waals surface area contributed by atoms with Crippen LogP contribution in [0.5, 0.6) is 0 Å². The first-order chi connectivity index (χ1) is 6.76. The predicted octanol–water partition coefficient (Wildman–Crippen LogP) is -0.230. The van der Waals surface area contributed by atoms with Crippen LogP contribution in [0.4, 0.5) is 0 Å². The lowest BCUT2D eigenvalue weighted by Gasteiger charge is -2.17. The molecule has 0 fully saturated rings. The molecular formula is C9H16N2O3. The van der Waals surface area contributed by atoms with Crippen LogP contribution in [0.25, 0.3) is 0 Å². The highest BCUT2D eigenvalue weighted by Gasteiger charge is 2.07. The minimum Gasteiger partial charge on any atom is -0.395 e. The second-order valence-electron chi connectivity index (χ2n) is 3.15. The van der Waals surface area contributed by atoms with E-state index in [0.717, 1.165) is 11.5 Å². The van der Waals surface area contributed by atoms with Gasteiger partial charge in [-0.05, 0) is 6.92 Å². The third-order valence-corrected chi connectivity index (χ3v) is 1.89. The molecule has 80 valence electrons. The summed E-state index contributed by atoms with van der Waals surface area (Å²) in [6, 6.07) is 1.85. The molecule has 0 aliphatic heterocycles. The molecule has 1 rings (SSSR count). The number of hydrogen-bond acceptors (Lipinski definition) is 5. The van der Waals surface area contributed by atoms with Crippen LogP contribution < -0.4 is 0 Å². The zero-order valence-corrected chi connectivity index (χ0v) is 8.31. The lowest BCUT2D eigenvalue weighted by molar-refractivity contribution is 0.153. The van der Waals surface area contributed by atoms with Crippen LogP contribution in [0.2, 0.25) is 0 Å². The highest BCUT2D eigenvalue weighted by atomic mass is 16.5. The maximum atomic E-state index is 8.78. The number of nitrogens with zero attached hydrogens (tertiary/aromatic N) is 2. The normalized spacial score (nSPS) is 11.1. The molecule has 0 saturated heterocycles. The molecule has 1 aromatic rings. The summed E-state index contributed by atoms with van der Waals surface area (Å²) in [7, 11) is 0. The van der Waals surface area contributed by atoms with E-state index in [4.69, 9.17) is 14.7 Å². The van der Waals surface area contributed by atoms with Crippen molar-refractivity contribution in [3.63, 3.8) is 0 Å². The van der Waals surface area contributed by atoms with Crippen molar-refractivity contribution >= 4 is 0 Å². The van der Waals surface area contributed by atoms with Gasteiger partial charge in [0.25, 0.3) is 0 Å². The van der Waals surface area contributed by atoms with E-state index in [2.05, 4.69) is 5.16 Å². The molecule has 1 heterocycles. The third kappa shape index (κ3) is 3.45. The van der Waals surface area contributed by atoms with Gasteiger partial charge in [-0.25, -0.2) is 0 Å². The van der Waals surface area contributed by atoms with Gasteiger partial charge in [-0.15, -0.1) is 0 Å². The Hall–Kier alpha value is -0.910. The molecule has 0 aliphatic carbocycles. The van der Waals surface area contributed by atoms with Crippen LogP contribution >= 0.6 is 0 Å². The first-order valence-electron chi connectivity index (χ1n) is 4.62. The molecule has 0 bridgehead atoms. The summed E-state index contributed by atoms with van der Waals surface area (Å²) in [5.41, 5.74) is 0.824. The molecule has 0 spiro atoms. The Labute approximate surface area is 82.9 Å². The van der Waals surface area contributed by atoms with Gasteiger partial charge in [-0.3, -0.25) is 4.90 Å². The summed E-state index contributed by atoms with van der Waals surface area (Å²) in [6.07, 6.45) is 0. The quantitative estimate of drug-likeness (QED) is 0.663. The Balaban J connectivity index is 2.46. The number of aliphatic hydroxyl groups is 2. The molecule has 5 heteroatoms.